The number of aliphatic hydroxyl groups excluding tert-OH is 1. The van der Waals surface area contributed by atoms with E-state index in [1.54, 1.807) is 12.1 Å². The van der Waals surface area contributed by atoms with Crippen LogP contribution in [0.2, 0.25) is 0 Å². The quantitative estimate of drug-likeness (QED) is 0.738. The maximum Gasteiger partial charge on any atom is 0.123 e. The predicted octanol–water partition coefficient (Wildman–Crippen LogP) is 1.25. The summed E-state index contributed by atoms with van der Waals surface area (Å²) in [5, 5.41) is 8.75. The third-order valence-corrected chi connectivity index (χ3v) is 2.10. The Morgan fingerprint density at radius 2 is 1.92 bits per heavy atom. The Labute approximate surface area is 77.2 Å². The molecule has 0 saturated carbocycles. The van der Waals surface area contributed by atoms with Gasteiger partial charge in [0.1, 0.15) is 5.82 Å². The second-order valence-corrected chi connectivity index (χ2v) is 3.00. The average molecular weight is 183 g/mol. The van der Waals surface area contributed by atoms with Gasteiger partial charge < -0.3 is 10.8 Å². The van der Waals surface area contributed by atoms with Crippen molar-refractivity contribution in [2.75, 3.05) is 13.2 Å². The van der Waals surface area contributed by atoms with Crippen LogP contribution in [0.5, 0.6) is 0 Å². The van der Waals surface area contributed by atoms with Gasteiger partial charge in [-0.15, -0.1) is 0 Å². The summed E-state index contributed by atoms with van der Waals surface area (Å²) in [5.41, 5.74) is 6.51. The summed E-state index contributed by atoms with van der Waals surface area (Å²) in [4.78, 5) is 0. The van der Waals surface area contributed by atoms with Crippen LogP contribution in [-0.2, 0) is 0 Å². The molecule has 1 aromatic rings. The van der Waals surface area contributed by atoms with Crippen molar-refractivity contribution in [3.05, 3.63) is 35.6 Å². The van der Waals surface area contributed by atoms with Gasteiger partial charge in [-0.05, 0) is 36.6 Å². The summed E-state index contributed by atoms with van der Waals surface area (Å²) < 4.78 is 12.6. The average Bonchev–Trinajstić information content (AvgIpc) is 2.16. The molecule has 0 aromatic heterocycles. The van der Waals surface area contributed by atoms with Crippen LogP contribution in [0, 0.1) is 5.82 Å². The van der Waals surface area contributed by atoms with Crippen molar-refractivity contribution in [3.8, 4) is 0 Å². The number of benzene rings is 1. The molecule has 3 N–H and O–H groups in total. The van der Waals surface area contributed by atoms with E-state index in [0.29, 0.717) is 13.0 Å². The highest BCUT2D eigenvalue weighted by Crippen LogP contribution is 2.17. The molecule has 2 nitrogen and oxygen atoms in total. The Balaban J connectivity index is 2.73. The fraction of sp³-hybridized carbons (Fsp3) is 0.400. The molecule has 0 aliphatic carbocycles. The van der Waals surface area contributed by atoms with Crippen LogP contribution >= 0.6 is 0 Å². The van der Waals surface area contributed by atoms with Gasteiger partial charge >= 0.3 is 0 Å². The number of nitrogens with two attached hydrogens (primary N) is 1. The van der Waals surface area contributed by atoms with Crippen molar-refractivity contribution in [1.82, 2.24) is 0 Å². The lowest BCUT2D eigenvalue weighted by Crippen LogP contribution is -2.13. The van der Waals surface area contributed by atoms with Gasteiger partial charge in [-0.3, -0.25) is 0 Å². The van der Waals surface area contributed by atoms with E-state index in [0.717, 1.165) is 5.56 Å². The Morgan fingerprint density at radius 3 is 2.38 bits per heavy atom. The fourth-order valence-electron chi connectivity index (χ4n) is 1.31. The van der Waals surface area contributed by atoms with Crippen LogP contribution in [-0.4, -0.2) is 18.3 Å². The third kappa shape index (κ3) is 2.79. The summed E-state index contributed by atoms with van der Waals surface area (Å²) in [6, 6.07) is 6.25. The molecule has 1 atom stereocenters. The van der Waals surface area contributed by atoms with Crippen molar-refractivity contribution in [2.45, 2.75) is 12.3 Å². The topological polar surface area (TPSA) is 46.2 Å². The summed E-state index contributed by atoms with van der Waals surface area (Å²) in [7, 11) is 0. The molecule has 1 aromatic carbocycles. The van der Waals surface area contributed by atoms with Gasteiger partial charge in [0.2, 0.25) is 0 Å². The number of hydrogen-bond donors (Lipinski definition) is 2. The van der Waals surface area contributed by atoms with E-state index in [1.807, 2.05) is 0 Å². The van der Waals surface area contributed by atoms with Crippen molar-refractivity contribution in [2.24, 2.45) is 5.73 Å². The molecule has 0 spiro atoms. The minimum Gasteiger partial charge on any atom is -0.396 e. The Kier molecular flexibility index (Phi) is 3.86. The molecule has 72 valence electrons. The van der Waals surface area contributed by atoms with Crippen LogP contribution in [0.15, 0.2) is 24.3 Å². The normalized spacial score (nSPS) is 12.8. The first kappa shape index (κ1) is 10.2. The molecule has 1 unspecified atom stereocenters. The standard InChI is InChI=1S/C10H14FNO/c11-10-3-1-8(2-4-10)9(7-12)5-6-13/h1-4,9,13H,5-7,12H2. The largest absolute Gasteiger partial charge is 0.396 e. The van der Waals surface area contributed by atoms with Gasteiger partial charge in [-0.1, -0.05) is 12.1 Å². The Bertz CT molecular complexity index is 248. The SMILES string of the molecule is NCC(CCO)c1ccc(F)cc1. The third-order valence-electron chi connectivity index (χ3n) is 2.10. The lowest BCUT2D eigenvalue weighted by molar-refractivity contribution is 0.276. The molecule has 3 heteroatoms. The highest BCUT2D eigenvalue weighted by atomic mass is 19.1. The maximum absolute atomic E-state index is 12.6. The van der Waals surface area contributed by atoms with Gasteiger partial charge in [0.15, 0.2) is 0 Å². The Morgan fingerprint density at radius 1 is 1.31 bits per heavy atom. The van der Waals surface area contributed by atoms with E-state index in [-0.39, 0.29) is 18.3 Å². The second-order valence-electron chi connectivity index (χ2n) is 3.00. The summed E-state index contributed by atoms with van der Waals surface area (Å²) in [6.07, 6.45) is 0.627. The molecule has 0 heterocycles. The zero-order valence-electron chi connectivity index (χ0n) is 7.41. The fourth-order valence-corrected chi connectivity index (χ4v) is 1.31. The second kappa shape index (κ2) is 4.94. The van der Waals surface area contributed by atoms with E-state index in [1.165, 1.54) is 12.1 Å². The molecule has 13 heavy (non-hydrogen) atoms. The summed E-state index contributed by atoms with van der Waals surface area (Å²) >= 11 is 0. The molecular formula is C10H14FNO. The lowest BCUT2D eigenvalue weighted by Gasteiger charge is -2.13. The number of rotatable bonds is 4. The molecule has 0 radical (unpaired) electrons. The van der Waals surface area contributed by atoms with Gasteiger partial charge in [-0.25, -0.2) is 4.39 Å². The Hall–Kier alpha value is -0.930. The molecule has 1 rings (SSSR count). The first-order valence-electron chi connectivity index (χ1n) is 4.34. The smallest absolute Gasteiger partial charge is 0.123 e. The molecule has 0 bridgehead atoms. The van der Waals surface area contributed by atoms with E-state index in [9.17, 15) is 4.39 Å². The minimum atomic E-state index is -0.247. The van der Waals surface area contributed by atoms with Crippen molar-refractivity contribution in [1.29, 1.82) is 0 Å². The number of hydrogen-bond acceptors (Lipinski definition) is 2. The van der Waals surface area contributed by atoms with Gasteiger partial charge in [-0.2, -0.15) is 0 Å². The van der Waals surface area contributed by atoms with Crippen LogP contribution in [0.25, 0.3) is 0 Å². The number of halogens is 1. The van der Waals surface area contributed by atoms with Crippen LogP contribution in [0.3, 0.4) is 0 Å². The molecular weight excluding hydrogens is 169 g/mol. The van der Waals surface area contributed by atoms with Crippen LogP contribution < -0.4 is 5.73 Å². The summed E-state index contributed by atoms with van der Waals surface area (Å²) in [5.74, 6) is -0.117. The first-order chi connectivity index (χ1) is 6.27. The monoisotopic (exact) mass is 183 g/mol. The number of aliphatic hydroxyl groups is 1. The van der Waals surface area contributed by atoms with Crippen LogP contribution in [0.4, 0.5) is 4.39 Å². The summed E-state index contributed by atoms with van der Waals surface area (Å²) in [6.45, 7) is 0.589. The lowest BCUT2D eigenvalue weighted by atomic mass is 9.96. The molecule has 0 aliphatic rings. The van der Waals surface area contributed by atoms with Gasteiger partial charge in [0.05, 0.1) is 0 Å². The van der Waals surface area contributed by atoms with Gasteiger partial charge in [0, 0.05) is 6.61 Å². The van der Waals surface area contributed by atoms with Gasteiger partial charge in [0.25, 0.3) is 0 Å². The minimum absolute atomic E-state index is 0.110. The van der Waals surface area contributed by atoms with E-state index in [4.69, 9.17) is 10.8 Å². The highest BCUT2D eigenvalue weighted by molar-refractivity contribution is 5.20. The van der Waals surface area contributed by atoms with Crippen molar-refractivity contribution < 1.29 is 9.50 Å². The zero-order chi connectivity index (χ0) is 9.68. The van der Waals surface area contributed by atoms with E-state index >= 15 is 0 Å². The predicted molar refractivity (Wildman–Crippen MR) is 49.9 cm³/mol. The van der Waals surface area contributed by atoms with Crippen LogP contribution in [0.1, 0.15) is 17.9 Å². The molecule has 0 fully saturated rings. The van der Waals surface area contributed by atoms with E-state index < -0.39 is 0 Å². The van der Waals surface area contributed by atoms with E-state index in [2.05, 4.69) is 0 Å². The van der Waals surface area contributed by atoms with Crippen molar-refractivity contribution in [3.63, 3.8) is 0 Å². The highest BCUT2D eigenvalue weighted by Gasteiger charge is 2.08. The maximum atomic E-state index is 12.6. The molecule has 0 saturated heterocycles. The zero-order valence-corrected chi connectivity index (χ0v) is 7.41. The van der Waals surface area contributed by atoms with Crippen molar-refractivity contribution >= 4 is 0 Å². The molecule has 0 aliphatic heterocycles. The molecule has 0 amide bonds. The first-order valence-corrected chi connectivity index (χ1v) is 4.34.